The normalized spacial score (nSPS) is 20.8. The molecule has 1 fully saturated rings. The molecular formula is C16H21Cl2NO4. The molecule has 1 heterocycles. The van der Waals surface area contributed by atoms with E-state index in [2.05, 4.69) is 0 Å². The van der Waals surface area contributed by atoms with E-state index < -0.39 is 23.6 Å². The smallest absolute Gasteiger partial charge is 0.410 e. The number of nitrogens with zero attached hydrogens (tertiary/aromatic N) is 1. The minimum Gasteiger partial charge on any atom is -0.481 e. The van der Waals surface area contributed by atoms with Crippen LogP contribution in [-0.2, 0) is 9.53 Å². The first-order valence-electron chi connectivity index (χ1n) is 7.14. The average Bonchev–Trinajstić information content (AvgIpc) is 2.82. The van der Waals surface area contributed by atoms with E-state index in [1.54, 1.807) is 32.9 Å². The monoisotopic (exact) mass is 361 g/mol. The Kier molecular flexibility index (Phi) is 6.31. The molecule has 2 rings (SSSR count). The molecule has 23 heavy (non-hydrogen) atoms. The molecule has 1 aliphatic rings. The van der Waals surface area contributed by atoms with Gasteiger partial charge in [-0.2, -0.15) is 0 Å². The van der Waals surface area contributed by atoms with Gasteiger partial charge in [-0.3, -0.25) is 4.79 Å². The molecule has 7 heteroatoms. The quantitative estimate of drug-likeness (QED) is 0.869. The van der Waals surface area contributed by atoms with Crippen molar-refractivity contribution < 1.29 is 19.4 Å². The molecule has 0 unspecified atom stereocenters. The van der Waals surface area contributed by atoms with Crippen molar-refractivity contribution in [3.8, 4) is 0 Å². The summed E-state index contributed by atoms with van der Waals surface area (Å²) in [6, 6.07) is 7.14. The van der Waals surface area contributed by atoms with E-state index in [1.165, 1.54) is 4.90 Å². The summed E-state index contributed by atoms with van der Waals surface area (Å²) in [5.41, 5.74) is 0.140. The SMILES string of the molecule is CC(C)(C)OC(=O)N1C[C@@H](C(=O)O)[C@H](c2ccccc2Cl)C1.Cl. The number of hydrogen-bond acceptors (Lipinski definition) is 3. The third kappa shape index (κ3) is 4.75. The van der Waals surface area contributed by atoms with Gasteiger partial charge in [-0.25, -0.2) is 4.79 Å². The van der Waals surface area contributed by atoms with Gasteiger partial charge in [0.2, 0.25) is 0 Å². The Labute approximate surface area is 147 Å². The summed E-state index contributed by atoms with van der Waals surface area (Å²) in [5, 5.41) is 9.96. The van der Waals surface area contributed by atoms with Gasteiger partial charge in [0, 0.05) is 24.0 Å². The van der Waals surface area contributed by atoms with Crippen LogP contribution in [0.25, 0.3) is 0 Å². The summed E-state index contributed by atoms with van der Waals surface area (Å²) >= 11 is 6.18. The number of amides is 1. The number of carboxylic acid groups (broad SMARTS) is 1. The van der Waals surface area contributed by atoms with Crippen LogP contribution < -0.4 is 0 Å². The third-order valence-electron chi connectivity index (χ3n) is 3.59. The second-order valence-electron chi connectivity index (χ2n) is 6.46. The molecule has 0 spiro atoms. The molecule has 1 aliphatic heterocycles. The predicted octanol–water partition coefficient (Wildman–Crippen LogP) is 3.80. The van der Waals surface area contributed by atoms with Gasteiger partial charge in [-0.15, -0.1) is 12.4 Å². The lowest BCUT2D eigenvalue weighted by molar-refractivity contribution is -0.141. The molecule has 1 amide bonds. The maximum Gasteiger partial charge on any atom is 0.410 e. The van der Waals surface area contributed by atoms with Crippen molar-refractivity contribution in [1.29, 1.82) is 0 Å². The van der Waals surface area contributed by atoms with E-state index in [-0.39, 0.29) is 31.4 Å². The lowest BCUT2D eigenvalue weighted by Gasteiger charge is -2.24. The Morgan fingerprint density at radius 3 is 2.39 bits per heavy atom. The van der Waals surface area contributed by atoms with Crippen molar-refractivity contribution in [1.82, 2.24) is 4.90 Å². The van der Waals surface area contributed by atoms with Crippen molar-refractivity contribution in [2.75, 3.05) is 13.1 Å². The van der Waals surface area contributed by atoms with Crippen molar-refractivity contribution in [2.45, 2.75) is 32.3 Å². The van der Waals surface area contributed by atoms with Gasteiger partial charge in [0.1, 0.15) is 5.60 Å². The minimum atomic E-state index is -0.934. The first kappa shape index (κ1) is 19.6. The van der Waals surface area contributed by atoms with Crippen molar-refractivity contribution in [3.63, 3.8) is 0 Å². The van der Waals surface area contributed by atoms with E-state index in [9.17, 15) is 14.7 Å². The standard InChI is InChI=1S/C16H20ClNO4.ClH/c1-16(2,3)22-15(21)18-8-11(12(9-18)14(19)20)10-6-4-5-7-13(10)17;/h4-7,11-12H,8-9H2,1-3H3,(H,19,20);1H/t11-,12+;/m0./s1. The summed E-state index contributed by atoms with van der Waals surface area (Å²) in [6.07, 6.45) is -0.492. The number of hydrogen-bond donors (Lipinski definition) is 1. The Morgan fingerprint density at radius 2 is 1.87 bits per heavy atom. The summed E-state index contributed by atoms with van der Waals surface area (Å²) in [6.45, 7) is 5.75. The van der Waals surface area contributed by atoms with E-state index in [1.807, 2.05) is 12.1 Å². The van der Waals surface area contributed by atoms with Crippen LogP contribution in [0.2, 0.25) is 5.02 Å². The van der Waals surface area contributed by atoms with Crippen LogP contribution in [0.5, 0.6) is 0 Å². The Morgan fingerprint density at radius 1 is 1.26 bits per heavy atom. The number of ether oxygens (including phenoxy) is 1. The van der Waals surface area contributed by atoms with Crippen LogP contribution in [0.3, 0.4) is 0 Å². The summed E-state index contributed by atoms with van der Waals surface area (Å²) < 4.78 is 5.33. The number of carbonyl (C=O) groups excluding carboxylic acids is 1. The minimum absolute atomic E-state index is 0. The largest absolute Gasteiger partial charge is 0.481 e. The zero-order chi connectivity index (χ0) is 16.5. The van der Waals surface area contributed by atoms with Gasteiger partial charge in [0.05, 0.1) is 5.92 Å². The van der Waals surface area contributed by atoms with Gasteiger partial charge in [-0.1, -0.05) is 29.8 Å². The molecule has 0 radical (unpaired) electrons. The highest BCUT2D eigenvalue weighted by atomic mass is 35.5. The maximum atomic E-state index is 12.2. The molecular weight excluding hydrogens is 341 g/mol. The zero-order valence-corrected chi connectivity index (χ0v) is 14.9. The molecule has 128 valence electrons. The number of benzene rings is 1. The topological polar surface area (TPSA) is 66.8 Å². The fourth-order valence-electron chi connectivity index (χ4n) is 2.62. The number of rotatable bonds is 2. The van der Waals surface area contributed by atoms with Crippen LogP contribution in [0, 0.1) is 5.92 Å². The van der Waals surface area contributed by atoms with Gasteiger partial charge in [-0.05, 0) is 32.4 Å². The molecule has 2 atom stereocenters. The maximum absolute atomic E-state index is 12.2. The van der Waals surface area contributed by atoms with Crippen LogP contribution in [0.15, 0.2) is 24.3 Å². The first-order valence-corrected chi connectivity index (χ1v) is 7.52. The molecule has 0 saturated carbocycles. The van der Waals surface area contributed by atoms with E-state index >= 15 is 0 Å². The van der Waals surface area contributed by atoms with Crippen LogP contribution in [0.1, 0.15) is 32.3 Å². The molecule has 0 aliphatic carbocycles. The summed E-state index contributed by atoms with van der Waals surface area (Å²) in [7, 11) is 0. The van der Waals surface area contributed by atoms with Crippen LogP contribution >= 0.6 is 24.0 Å². The fraction of sp³-hybridized carbons (Fsp3) is 0.500. The first-order chi connectivity index (χ1) is 10.2. The summed E-state index contributed by atoms with van der Waals surface area (Å²) in [5.74, 6) is -1.96. The lowest BCUT2D eigenvalue weighted by atomic mass is 9.89. The second kappa shape index (κ2) is 7.41. The van der Waals surface area contributed by atoms with E-state index in [0.717, 1.165) is 5.56 Å². The zero-order valence-electron chi connectivity index (χ0n) is 13.3. The highest BCUT2D eigenvalue weighted by Gasteiger charge is 2.42. The third-order valence-corrected chi connectivity index (χ3v) is 3.94. The fourth-order valence-corrected chi connectivity index (χ4v) is 2.90. The number of aliphatic carboxylic acids is 1. The molecule has 0 bridgehead atoms. The lowest BCUT2D eigenvalue weighted by Crippen LogP contribution is -2.35. The van der Waals surface area contributed by atoms with Crippen molar-refractivity contribution in [3.05, 3.63) is 34.9 Å². The van der Waals surface area contributed by atoms with Gasteiger partial charge < -0.3 is 14.7 Å². The highest BCUT2D eigenvalue weighted by molar-refractivity contribution is 6.31. The highest BCUT2D eigenvalue weighted by Crippen LogP contribution is 2.36. The Hall–Kier alpha value is -1.46. The molecule has 1 saturated heterocycles. The summed E-state index contributed by atoms with van der Waals surface area (Å²) in [4.78, 5) is 25.1. The second-order valence-corrected chi connectivity index (χ2v) is 6.87. The van der Waals surface area contributed by atoms with Crippen molar-refractivity contribution in [2.24, 2.45) is 5.92 Å². The van der Waals surface area contributed by atoms with Gasteiger partial charge in [0.15, 0.2) is 0 Å². The van der Waals surface area contributed by atoms with E-state index in [0.29, 0.717) is 5.02 Å². The molecule has 5 nitrogen and oxygen atoms in total. The average molecular weight is 362 g/mol. The molecule has 1 aromatic carbocycles. The Balaban J connectivity index is 0.00000264. The number of carbonyl (C=O) groups is 2. The number of halogens is 2. The molecule has 0 aromatic heterocycles. The van der Waals surface area contributed by atoms with Crippen LogP contribution in [-0.4, -0.2) is 40.8 Å². The number of likely N-dealkylation sites (tertiary alicyclic amines) is 1. The molecule has 1 N–H and O–H groups in total. The predicted molar refractivity (Wildman–Crippen MR) is 90.4 cm³/mol. The van der Waals surface area contributed by atoms with Crippen molar-refractivity contribution >= 4 is 36.1 Å². The van der Waals surface area contributed by atoms with Gasteiger partial charge >= 0.3 is 12.1 Å². The number of carboxylic acids is 1. The van der Waals surface area contributed by atoms with Gasteiger partial charge in [0.25, 0.3) is 0 Å². The Bertz CT molecular complexity index is 586. The van der Waals surface area contributed by atoms with Crippen LogP contribution in [0.4, 0.5) is 4.79 Å². The van der Waals surface area contributed by atoms with E-state index in [4.69, 9.17) is 16.3 Å². The molecule has 1 aromatic rings.